The zero-order valence-electron chi connectivity index (χ0n) is 26.4. The molecule has 14 heteroatoms. The normalized spacial score (nSPS) is 21.1. The molecule has 2 fully saturated rings. The van der Waals surface area contributed by atoms with Crippen molar-refractivity contribution in [2.45, 2.75) is 118 Å². The van der Waals surface area contributed by atoms with Crippen LogP contribution in [0.15, 0.2) is 54.1 Å². The molecule has 269 valence electrons. The molecule has 3 aliphatic rings. The molecule has 0 amide bonds. The Labute approximate surface area is 279 Å². The summed E-state index contributed by atoms with van der Waals surface area (Å²) in [7, 11) is -3.52. The lowest BCUT2D eigenvalue weighted by molar-refractivity contribution is -0.144. The first-order valence-corrected chi connectivity index (χ1v) is 19.2. The highest BCUT2D eigenvalue weighted by atomic mass is 31.1. The maximum Gasteiger partial charge on any atom is 0.416 e. The first-order chi connectivity index (χ1) is 22.7. The zero-order valence-corrected chi connectivity index (χ0v) is 28.2. The number of hydrogen-bond donors (Lipinski definition) is 0. The van der Waals surface area contributed by atoms with Gasteiger partial charge in [-0.05, 0) is 109 Å². The van der Waals surface area contributed by atoms with Crippen LogP contribution in [-0.2, 0) is 24.7 Å². The van der Waals surface area contributed by atoms with Crippen molar-refractivity contribution in [3.05, 3.63) is 82.5 Å². The van der Waals surface area contributed by atoms with Crippen molar-refractivity contribution >= 4 is 26.5 Å². The van der Waals surface area contributed by atoms with E-state index in [-0.39, 0.29) is 17.8 Å². The molecule has 0 aromatic heterocycles. The highest BCUT2D eigenvalue weighted by molar-refractivity contribution is 7.74. The molecule has 1 unspecified atom stereocenters. The topological polar surface area (TPSA) is 0 Å². The van der Waals surface area contributed by atoms with Crippen molar-refractivity contribution < 1.29 is 52.7 Å². The van der Waals surface area contributed by atoms with Gasteiger partial charge in [-0.2, -0.15) is 52.7 Å². The lowest BCUT2D eigenvalue weighted by Gasteiger charge is -2.44. The van der Waals surface area contributed by atoms with Gasteiger partial charge in [0.1, 0.15) is 0 Å². The van der Waals surface area contributed by atoms with E-state index < -0.39 is 79.1 Å². The molecule has 49 heavy (non-hydrogen) atoms. The van der Waals surface area contributed by atoms with Gasteiger partial charge in [0.25, 0.3) is 0 Å². The Bertz CT molecular complexity index is 1360. The van der Waals surface area contributed by atoms with Gasteiger partial charge in [-0.3, -0.25) is 0 Å². The molecule has 0 bridgehead atoms. The van der Waals surface area contributed by atoms with Crippen LogP contribution in [0.3, 0.4) is 0 Å². The number of allylic oxidation sites excluding steroid dienone is 4. The second kappa shape index (κ2) is 14.5. The monoisotopic (exact) mass is 745 g/mol. The third kappa shape index (κ3) is 8.88. The van der Waals surface area contributed by atoms with Gasteiger partial charge in [0, 0.05) is 5.66 Å². The minimum Gasteiger partial charge on any atom is -0.166 e. The first kappa shape index (κ1) is 38.2. The van der Waals surface area contributed by atoms with Gasteiger partial charge in [-0.25, -0.2) is 0 Å². The van der Waals surface area contributed by atoms with E-state index >= 15 is 0 Å². The van der Waals surface area contributed by atoms with Crippen LogP contribution in [0.5, 0.6) is 0 Å². The number of benzene rings is 2. The fourth-order valence-electron chi connectivity index (χ4n) is 7.49. The van der Waals surface area contributed by atoms with E-state index in [0.29, 0.717) is 41.2 Å². The highest BCUT2D eigenvalue weighted by Gasteiger charge is 2.44. The Morgan fingerprint density at radius 1 is 0.551 bits per heavy atom. The molecule has 3 aliphatic carbocycles. The summed E-state index contributed by atoms with van der Waals surface area (Å²) in [6.07, 6.45) is -4.90. The number of hydrogen-bond acceptors (Lipinski definition) is 0. The van der Waals surface area contributed by atoms with Crippen LogP contribution in [0.25, 0.3) is 0 Å². The standard InChI is InChI=1S/C35H35F12P2/c1-21(48(26-9-4-2-5-10-26)27-11-6-3-7-12-27)30-13-8-14-31(30)49(28-17-22(32(36,37)38)15-23(18-28)33(39,40)41)29-19-24(34(42,43)44)16-25(20-29)35(45,46)47/h8,14-21,26-27,31H,2-7,9-12H2,1H3/t21-,31?/m1/s1. The van der Waals surface area contributed by atoms with Crippen LogP contribution in [0.1, 0.15) is 93.4 Å². The SMILES string of the molecule is C[C@H](C1=[C]C=CC1P(c1cc(C(F)(F)F)cc(C(F)(F)F)c1)c1cc(C(F)(F)F)cc(C(F)(F)F)c1)P(C1CCCCC1)C1CCCCC1. The minimum absolute atomic E-state index is 0.0916. The number of alkyl halides is 12. The second-order valence-corrected chi connectivity index (χ2v) is 18.5. The summed E-state index contributed by atoms with van der Waals surface area (Å²) in [5, 5.41) is -1.24. The third-order valence-corrected chi connectivity index (χ3v) is 16.2. The van der Waals surface area contributed by atoms with Crippen molar-refractivity contribution in [2.24, 2.45) is 0 Å². The molecule has 0 heterocycles. The molecule has 2 atom stereocenters. The Hall–Kier alpha value is -2.06. The molecule has 0 saturated heterocycles. The van der Waals surface area contributed by atoms with E-state index in [9.17, 15) is 52.7 Å². The van der Waals surface area contributed by atoms with Crippen molar-refractivity contribution in [2.75, 3.05) is 0 Å². The van der Waals surface area contributed by atoms with Crippen molar-refractivity contribution in [1.82, 2.24) is 0 Å². The van der Waals surface area contributed by atoms with E-state index in [4.69, 9.17) is 0 Å². The highest BCUT2D eigenvalue weighted by Crippen LogP contribution is 2.63. The quantitative estimate of drug-likeness (QED) is 0.196. The maximum atomic E-state index is 14.1. The first-order valence-electron chi connectivity index (χ1n) is 16.2. The molecule has 0 nitrogen and oxygen atoms in total. The summed E-state index contributed by atoms with van der Waals surface area (Å²) < 4.78 is 169. The largest absolute Gasteiger partial charge is 0.416 e. The van der Waals surface area contributed by atoms with Gasteiger partial charge in [0.05, 0.1) is 22.3 Å². The lowest BCUT2D eigenvalue weighted by Crippen LogP contribution is -2.31. The van der Waals surface area contributed by atoms with Gasteiger partial charge in [-0.15, -0.1) is 0 Å². The van der Waals surface area contributed by atoms with Gasteiger partial charge >= 0.3 is 24.7 Å². The molecule has 0 N–H and O–H groups in total. The van der Waals surface area contributed by atoms with Gasteiger partial charge in [0.15, 0.2) is 0 Å². The minimum atomic E-state index is -5.28. The van der Waals surface area contributed by atoms with Gasteiger partial charge in [-0.1, -0.05) is 65.5 Å². The predicted octanol–water partition coefficient (Wildman–Crippen LogP) is 12.4. The van der Waals surface area contributed by atoms with E-state index in [1.807, 2.05) is 6.92 Å². The van der Waals surface area contributed by atoms with Crippen LogP contribution < -0.4 is 10.6 Å². The van der Waals surface area contributed by atoms with Crippen LogP contribution in [-0.4, -0.2) is 22.6 Å². The van der Waals surface area contributed by atoms with E-state index in [1.165, 1.54) is 12.2 Å². The Kier molecular flexibility index (Phi) is 11.3. The molecule has 1 radical (unpaired) electrons. The zero-order chi connectivity index (χ0) is 35.9. The summed E-state index contributed by atoms with van der Waals surface area (Å²) in [6, 6.07) is 1.57. The maximum absolute atomic E-state index is 14.1. The van der Waals surface area contributed by atoms with Crippen molar-refractivity contribution in [3.63, 3.8) is 0 Å². The second-order valence-electron chi connectivity index (χ2n) is 13.0. The average Bonchev–Trinajstić information content (AvgIpc) is 3.50. The molecule has 0 aliphatic heterocycles. The molecule has 0 spiro atoms. The van der Waals surface area contributed by atoms with E-state index in [1.54, 1.807) is 0 Å². The Balaban J connectivity index is 1.72. The number of halogens is 12. The summed E-state index contributed by atoms with van der Waals surface area (Å²) in [6.45, 7) is 1.95. The predicted molar refractivity (Wildman–Crippen MR) is 169 cm³/mol. The molecule has 2 saturated carbocycles. The molecular formula is C35H35F12P2. The van der Waals surface area contributed by atoms with Gasteiger partial charge in [0.2, 0.25) is 0 Å². The molecule has 2 aromatic carbocycles. The molecule has 5 rings (SSSR count). The third-order valence-electron chi connectivity index (χ3n) is 9.72. The average molecular weight is 746 g/mol. The summed E-state index contributed by atoms with van der Waals surface area (Å²) in [5.74, 6) is 0. The fraction of sp³-hybridized carbons (Fsp3) is 0.543. The Morgan fingerprint density at radius 2 is 0.898 bits per heavy atom. The van der Waals surface area contributed by atoms with Gasteiger partial charge < -0.3 is 0 Å². The molecule has 2 aromatic rings. The van der Waals surface area contributed by atoms with Crippen LogP contribution in [0.4, 0.5) is 52.7 Å². The smallest absolute Gasteiger partial charge is 0.166 e. The summed E-state index contributed by atoms with van der Waals surface area (Å²) in [5.41, 5.74) is -6.88. The van der Waals surface area contributed by atoms with Crippen molar-refractivity contribution in [3.8, 4) is 0 Å². The fourth-order valence-corrected chi connectivity index (χ4v) is 14.8. The summed E-state index contributed by atoms with van der Waals surface area (Å²) >= 11 is 0. The molecular weight excluding hydrogens is 710 g/mol. The van der Waals surface area contributed by atoms with Crippen LogP contribution in [0.2, 0.25) is 0 Å². The van der Waals surface area contributed by atoms with Crippen molar-refractivity contribution in [1.29, 1.82) is 0 Å². The van der Waals surface area contributed by atoms with Crippen LogP contribution >= 0.6 is 15.8 Å². The lowest BCUT2D eigenvalue weighted by atomic mass is 9.99. The number of rotatable bonds is 7. The van der Waals surface area contributed by atoms with Crippen LogP contribution in [0, 0.1) is 6.08 Å². The van der Waals surface area contributed by atoms with E-state index in [0.717, 1.165) is 64.2 Å². The Morgan fingerprint density at radius 3 is 1.22 bits per heavy atom. The summed E-state index contributed by atoms with van der Waals surface area (Å²) in [4.78, 5) is 0. The van der Waals surface area contributed by atoms with E-state index in [2.05, 4.69) is 6.08 Å².